The molecule has 1 unspecified atom stereocenters. The summed E-state index contributed by atoms with van der Waals surface area (Å²) in [5.41, 5.74) is -0.628. The van der Waals surface area contributed by atoms with Gasteiger partial charge in [-0.25, -0.2) is 0 Å². The van der Waals surface area contributed by atoms with Gasteiger partial charge in [0.2, 0.25) is 0 Å². The third-order valence-corrected chi connectivity index (χ3v) is 5.79. The van der Waals surface area contributed by atoms with Gasteiger partial charge in [0.05, 0.1) is 0 Å². The zero-order valence-electron chi connectivity index (χ0n) is 14.0. The molecule has 138 valence electrons. The van der Waals surface area contributed by atoms with E-state index < -0.39 is 11.5 Å². The molecule has 2 aromatic heterocycles. The fourth-order valence-electron chi connectivity index (χ4n) is 3.87. The van der Waals surface area contributed by atoms with Gasteiger partial charge in [0.1, 0.15) is 11.3 Å². The Morgan fingerprint density at radius 2 is 2.12 bits per heavy atom. The Hall–Kier alpha value is -2.53. The van der Waals surface area contributed by atoms with E-state index in [0.717, 1.165) is 11.5 Å². The summed E-state index contributed by atoms with van der Waals surface area (Å²) in [5.74, 6) is -0.501. The second-order valence-corrected chi connectivity index (χ2v) is 7.45. The highest BCUT2D eigenvalue weighted by Gasteiger charge is 2.56. The zero-order valence-corrected chi connectivity index (χ0v) is 14.8. The van der Waals surface area contributed by atoms with Crippen molar-refractivity contribution >= 4 is 23.3 Å². The van der Waals surface area contributed by atoms with Crippen molar-refractivity contribution in [3.8, 4) is 0 Å². The van der Waals surface area contributed by atoms with E-state index in [9.17, 15) is 19.5 Å². The van der Waals surface area contributed by atoms with E-state index in [4.69, 9.17) is 4.52 Å². The topological polar surface area (TPSA) is 133 Å². The smallest absolute Gasteiger partial charge is 0.293 e. The SMILES string of the molecule is Cc1o[nH]c(=O)c1C(=O)N1CC2(CN(C(=O)c3csnn3)CC2CO)C1. The van der Waals surface area contributed by atoms with Gasteiger partial charge < -0.3 is 19.4 Å². The normalized spacial score (nSPS) is 21.2. The van der Waals surface area contributed by atoms with E-state index in [1.807, 2.05) is 0 Å². The third-order valence-electron chi connectivity index (χ3n) is 5.29. The number of aromatic nitrogens is 3. The maximum atomic E-state index is 12.6. The molecule has 2 saturated heterocycles. The van der Waals surface area contributed by atoms with Gasteiger partial charge >= 0.3 is 0 Å². The van der Waals surface area contributed by atoms with Crippen LogP contribution in [-0.4, -0.2) is 74.3 Å². The monoisotopic (exact) mass is 379 g/mol. The number of H-pyrrole nitrogens is 1. The molecular weight excluding hydrogens is 362 g/mol. The largest absolute Gasteiger partial charge is 0.396 e. The van der Waals surface area contributed by atoms with Gasteiger partial charge in [0.15, 0.2) is 5.69 Å². The van der Waals surface area contributed by atoms with Gasteiger partial charge in [-0.15, -0.1) is 5.10 Å². The van der Waals surface area contributed by atoms with Crippen molar-refractivity contribution < 1.29 is 19.2 Å². The standard InChI is InChI=1S/C15H17N5O5S/c1-8-11(12(22)17-25-8)14(24)20-6-15(7-20)5-19(2-9(15)3-21)13(23)10-4-26-18-16-10/h4,9,21H,2-3,5-7H2,1H3,(H,17,22). The lowest BCUT2D eigenvalue weighted by Crippen LogP contribution is -2.63. The van der Waals surface area contributed by atoms with E-state index >= 15 is 0 Å². The number of amides is 2. The van der Waals surface area contributed by atoms with Crippen molar-refractivity contribution in [2.75, 3.05) is 32.8 Å². The average Bonchev–Trinajstić information content (AvgIpc) is 3.30. The summed E-state index contributed by atoms with van der Waals surface area (Å²) in [7, 11) is 0. The van der Waals surface area contributed by atoms with Crippen LogP contribution in [-0.2, 0) is 0 Å². The van der Waals surface area contributed by atoms with Crippen LogP contribution in [0.2, 0.25) is 0 Å². The molecule has 4 heterocycles. The van der Waals surface area contributed by atoms with Crippen LogP contribution in [0.1, 0.15) is 26.6 Å². The number of hydrogen-bond donors (Lipinski definition) is 2. The van der Waals surface area contributed by atoms with Gasteiger partial charge in [-0.1, -0.05) is 4.49 Å². The summed E-state index contributed by atoms with van der Waals surface area (Å²) in [6.07, 6.45) is 0. The van der Waals surface area contributed by atoms with Crippen LogP contribution in [0.3, 0.4) is 0 Å². The van der Waals surface area contributed by atoms with Crippen LogP contribution >= 0.6 is 11.5 Å². The molecule has 0 bridgehead atoms. The number of nitrogens with zero attached hydrogens (tertiary/aromatic N) is 4. The van der Waals surface area contributed by atoms with Crippen LogP contribution in [0, 0.1) is 18.3 Å². The van der Waals surface area contributed by atoms with Gasteiger partial charge in [0.25, 0.3) is 17.4 Å². The quantitative estimate of drug-likeness (QED) is 0.723. The molecule has 0 aliphatic carbocycles. The third kappa shape index (κ3) is 2.46. The highest BCUT2D eigenvalue weighted by atomic mass is 32.1. The van der Waals surface area contributed by atoms with Crippen molar-refractivity contribution in [2.24, 2.45) is 11.3 Å². The molecule has 1 spiro atoms. The minimum atomic E-state index is -0.550. The molecule has 0 radical (unpaired) electrons. The van der Waals surface area contributed by atoms with E-state index in [1.54, 1.807) is 22.1 Å². The Morgan fingerprint density at radius 3 is 2.69 bits per heavy atom. The lowest BCUT2D eigenvalue weighted by Gasteiger charge is -2.50. The molecular formula is C15H17N5O5S. The number of aliphatic hydroxyl groups is 1. The Morgan fingerprint density at radius 1 is 1.38 bits per heavy atom. The zero-order chi connectivity index (χ0) is 18.5. The van der Waals surface area contributed by atoms with Crippen molar-refractivity contribution in [3.63, 3.8) is 0 Å². The Kier molecular flexibility index (Phi) is 3.92. The number of aryl methyl sites for hydroxylation is 1. The second kappa shape index (κ2) is 6.02. The Balaban J connectivity index is 1.49. The fourth-order valence-corrected chi connectivity index (χ4v) is 4.30. The predicted octanol–water partition coefficient (Wildman–Crippen LogP) is -0.665. The summed E-state index contributed by atoms with van der Waals surface area (Å²) >= 11 is 1.11. The van der Waals surface area contributed by atoms with Gasteiger partial charge in [-0.3, -0.25) is 14.4 Å². The summed E-state index contributed by atoms with van der Waals surface area (Å²) in [4.78, 5) is 40.0. The minimum absolute atomic E-state index is 0.000115. The molecule has 2 amide bonds. The van der Waals surface area contributed by atoms with Crippen LogP contribution in [0.5, 0.6) is 0 Å². The van der Waals surface area contributed by atoms with Crippen LogP contribution in [0.4, 0.5) is 0 Å². The van der Waals surface area contributed by atoms with Crippen LogP contribution in [0.15, 0.2) is 14.7 Å². The summed E-state index contributed by atoms with van der Waals surface area (Å²) in [6, 6.07) is 0. The minimum Gasteiger partial charge on any atom is -0.396 e. The average molecular weight is 379 g/mol. The molecule has 2 aromatic rings. The van der Waals surface area contributed by atoms with Gasteiger partial charge in [0, 0.05) is 49.5 Å². The van der Waals surface area contributed by atoms with Gasteiger partial charge in [-0.2, -0.15) is 5.16 Å². The molecule has 2 fully saturated rings. The molecule has 0 aromatic carbocycles. The van der Waals surface area contributed by atoms with E-state index in [1.165, 1.54) is 0 Å². The van der Waals surface area contributed by atoms with Crippen LogP contribution < -0.4 is 5.56 Å². The number of aliphatic hydroxyl groups excluding tert-OH is 1. The maximum Gasteiger partial charge on any atom is 0.293 e. The van der Waals surface area contributed by atoms with Crippen LogP contribution in [0.25, 0.3) is 0 Å². The molecule has 10 nitrogen and oxygen atoms in total. The highest BCUT2D eigenvalue weighted by Crippen LogP contribution is 2.44. The number of rotatable bonds is 3. The molecule has 2 N–H and O–H groups in total. The van der Waals surface area contributed by atoms with Crippen molar-refractivity contribution in [1.82, 2.24) is 24.5 Å². The Labute approximate surface area is 151 Å². The van der Waals surface area contributed by atoms with Crippen molar-refractivity contribution in [3.05, 3.63) is 32.8 Å². The number of carbonyl (C=O) groups excluding carboxylic acids is 2. The maximum absolute atomic E-state index is 12.6. The Bertz CT molecular complexity index is 898. The number of aromatic amines is 1. The lowest BCUT2D eigenvalue weighted by molar-refractivity contribution is -0.0226. The molecule has 4 rings (SSSR count). The second-order valence-electron chi connectivity index (χ2n) is 6.84. The first-order chi connectivity index (χ1) is 12.4. The summed E-state index contributed by atoms with van der Waals surface area (Å²) in [6.45, 7) is 3.06. The highest BCUT2D eigenvalue weighted by molar-refractivity contribution is 7.03. The molecule has 26 heavy (non-hydrogen) atoms. The molecule has 11 heteroatoms. The first kappa shape index (κ1) is 16.9. The number of hydrogen-bond acceptors (Lipinski definition) is 8. The number of likely N-dealkylation sites (tertiary alicyclic amines) is 2. The fraction of sp³-hybridized carbons (Fsp3) is 0.533. The first-order valence-electron chi connectivity index (χ1n) is 8.10. The number of nitrogens with one attached hydrogen (secondary N) is 1. The molecule has 0 saturated carbocycles. The van der Waals surface area contributed by atoms with Crippen molar-refractivity contribution in [1.29, 1.82) is 0 Å². The van der Waals surface area contributed by atoms with E-state index in [0.29, 0.717) is 26.2 Å². The molecule has 2 aliphatic rings. The summed E-state index contributed by atoms with van der Waals surface area (Å²) < 4.78 is 8.60. The van der Waals surface area contributed by atoms with E-state index in [-0.39, 0.29) is 40.9 Å². The van der Waals surface area contributed by atoms with Crippen molar-refractivity contribution in [2.45, 2.75) is 6.92 Å². The number of carbonyl (C=O) groups is 2. The first-order valence-corrected chi connectivity index (χ1v) is 8.93. The molecule has 2 aliphatic heterocycles. The van der Waals surface area contributed by atoms with E-state index in [2.05, 4.69) is 14.7 Å². The predicted molar refractivity (Wildman–Crippen MR) is 88.8 cm³/mol. The molecule has 1 atom stereocenters. The lowest BCUT2D eigenvalue weighted by atomic mass is 9.71. The summed E-state index contributed by atoms with van der Waals surface area (Å²) in [5, 5.41) is 17.3. The van der Waals surface area contributed by atoms with Gasteiger partial charge in [-0.05, 0) is 18.5 Å².